The van der Waals surface area contributed by atoms with Gasteiger partial charge in [0.25, 0.3) is 0 Å². The Morgan fingerprint density at radius 1 is 1.12 bits per heavy atom. The molecule has 0 aromatic heterocycles. The summed E-state index contributed by atoms with van der Waals surface area (Å²) in [7, 11) is 0. The third-order valence-electron chi connectivity index (χ3n) is 4.07. The second-order valence-electron chi connectivity index (χ2n) is 5.99. The van der Waals surface area contributed by atoms with E-state index >= 15 is 0 Å². The lowest BCUT2D eigenvalue weighted by Crippen LogP contribution is -2.36. The minimum Gasteiger partial charge on any atom is -0.493 e. The molecule has 0 radical (unpaired) electrons. The molecule has 1 heterocycles. The second-order valence-corrected chi connectivity index (χ2v) is 5.99. The molecule has 1 N–H and O–H groups in total. The molecular weight excluding hydrogens is 325 g/mol. The number of carbonyl (C=O) groups excluding carboxylic acids is 1. The topological polar surface area (TPSA) is 66.8 Å². The highest BCUT2D eigenvalue weighted by molar-refractivity contribution is 5.83. The average Bonchev–Trinajstić information content (AvgIpc) is 3.03. The lowest BCUT2D eigenvalue weighted by atomic mass is 10.1. The maximum atomic E-state index is 13.0. The molecular formula is C19H18FNO4. The van der Waals surface area contributed by atoms with E-state index in [1.807, 2.05) is 18.2 Å². The zero-order chi connectivity index (χ0) is 17.8. The highest BCUT2D eigenvalue weighted by atomic mass is 19.1. The summed E-state index contributed by atoms with van der Waals surface area (Å²) in [5.41, 5.74) is 2.57. The van der Waals surface area contributed by atoms with Crippen molar-refractivity contribution in [2.24, 2.45) is 0 Å². The van der Waals surface area contributed by atoms with Crippen LogP contribution in [0.1, 0.15) is 16.7 Å². The van der Waals surface area contributed by atoms with Crippen molar-refractivity contribution < 1.29 is 23.8 Å². The first-order chi connectivity index (χ1) is 12.0. The lowest BCUT2D eigenvalue weighted by molar-refractivity contribution is -0.144. The number of rotatable bonds is 6. The van der Waals surface area contributed by atoms with Crippen LogP contribution in [0.2, 0.25) is 0 Å². The summed E-state index contributed by atoms with van der Waals surface area (Å²) in [6.07, 6.45) is 0.924. The number of carbonyl (C=O) groups is 2. The first kappa shape index (κ1) is 17.0. The van der Waals surface area contributed by atoms with Gasteiger partial charge in [0.05, 0.1) is 13.0 Å². The number of carboxylic acid groups (broad SMARTS) is 1. The molecule has 5 nitrogen and oxygen atoms in total. The molecule has 0 spiro atoms. The van der Waals surface area contributed by atoms with E-state index in [-0.39, 0.29) is 24.7 Å². The van der Waals surface area contributed by atoms with Gasteiger partial charge in [-0.15, -0.1) is 0 Å². The van der Waals surface area contributed by atoms with Gasteiger partial charge in [-0.1, -0.05) is 24.3 Å². The van der Waals surface area contributed by atoms with Gasteiger partial charge in [0, 0.05) is 13.0 Å². The fraction of sp³-hybridized carbons (Fsp3) is 0.263. The highest BCUT2D eigenvalue weighted by Gasteiger charge is 2.19. The van der Waals surface area contributed by atoms with Crippen LogP contribution in [0.25, 0.3) is 0 Å². The number of aliphatic carboxylic acids is 1. The number of amides is 1. The van der Waals surface area contributed by atoms with Crippen molar-refractivity contribution >= 4 is 11.9 Å². The third-order valence-corrected chi connectivity index (χ3v) is 4.07. The highest BCUT2D eigenvalue weighted by Crippen LogP contribution is 2.26. The standard InChI is InChI=1S/C19H18FNO4/c20-16-4-1-13(2-5-16)11-21(12-19(23)24)18(22)10-14-3-6-17-15(9-14)7-8-25-17/h1-6,9H,7-8,10-12H2,(H,23,24). The number of carboxylic acids is 1. The molecule has 0 unspecified atom stereocenters. The van der Waals surface area contributed by atoms with Gasteiger partial charge in [0.2, 0.25) is 5.91 Å². The molecule has 2 aromatic carbocycles. The van der Waals surface area contributed by atoms with Crippen molar-refractivity contribution in [1.82, 2.24) is 4.90 Å². The van der Waals surface area contributed by atoms with Crippen LogP contribution in [0.15, 0.2) is 42.5 Å². The predicted octanol–water partition coefficient (Wildman–Crippen LogP) is 2.42. The van der Waals surface area contributed by atoms with Crippen LogP contribution >= 0.6 is 0 Å². The molecule has 0 saturated carbocycles. The quantitative estimate of drug-likeness (QED) is 0.875. The minimum atomic E-state index is -1.09. The zero-order valence-electron chi connectivity index (χ0n) is 13.6. The van der Waals surface area contributed by atoms with Crippen LogP contribution in [0.5, 0.6) is 5.75 Å². The molecule has 6 heteroatoms. The summed E-state index contributed by atoms with van der Waals surface area (Å²) in [6.45, 7) is 0.367. The van der Waals surface area contributed by atoms with Gasteiger partial charge >= 0.3 is 5.97 Å². The first-order valence-corrected chi connectivity index (χ1v) is 8.00. The summed E-state index contributed by atoms with van der Waals surface area (Å²) in [5.74, 6) is -0.909. The van der Waals surface area contributed by atoms with Gasteiger partial charge < -0.3 is 14.7 Å². The van der Waals surface area contributed by atoms with Gasteiger partial charge in [0.1, 0.15) is 18.1 Å². The van der Waals surface area contributed by atoms with Crippen molar-refractivity contribution in [3.05, 3.63) is 65.0 Å². The zero-order valence-corrected chi connectivity index (χ0v) is 13.6. The third kappa shape index (κ3) is 4.35. The molecule has 0 fully saturated rings. The van der Waals surface area contributed by atoms with E-state index in [1.54, 1.807) is 12.1 Å². The number of hydrogen-bond acceptors (Lipinski definition) is 3. The Morgan fingerprint density at radius 2 is 1.84 bits per heavy atom. The minimum absolute atomic E-state index is 0.113. The second kappa shape index (κ2) is 7.34. The van der Waals surface area contributed by atoms with E-state index in [1.165, 1.54) is 17.0 Å². The Morgan fingerprint density at radius 3 is 2.56 bits per heavy atom. The Hall–Kier alpha value is -2.89. The van der Waals surface area contributed by atoms with Crippen molar-refractivity contribution in [2.75, 3.05) is 13.2 Å². The normalized spacial score (nSPS) is 12.4. The Balaban J connectivity index is 1.72. The largest absolute Gasteiger partial charge is 0.493 e. The number of hydrogen-bond donors (Lipinski definition) is 1. The summed E-state index contributed by atoms with van der Waals surface area (Å²) < 4.78 is 18.4. The summed E-state index contributed by atoms with van der Waals surface area (Å²) in [5, 5.41) is 9.08. The van der Waals surface area contributed by atoms with E-state index in [9.17, 15) is 14.0 Å². The van der Waals surface area contributed by atoms with Gasteiger partial charge in [-0.2, -0.15) is 0 Å². The maximum Gasteiger partial charge on any atom is 0.323 e. The van der Waals surface area contributed by atoms with Crippen molar-refractivity contribution in [1.29, 1.82) is 0 Å². The van der Waals surface area contributed by atoms with Gasteiger partial charge in [-0.05, 0) is 34.9 Å². The first-order valence-electron chi connectivity index (χ1n) is 8.00. The monoisotopic (exact) mass is 343 g/mol. The van der Waals surface area contributed by atoms with Crippen LogP contribution in [-0.2, 0) is 29.0 Å². The molecule has 1 amide bonds. The lowest BCUT2D eigenvalue weighted by Gasteiger charge is -2.21. The van der Waals surface area contributed by atoms with Crippen molar-refractivity contribution in [3.8, 4) is 5.75 Å². The van der Waals surface area contributed by atoms with Crippen molar-refractivity contribution in [2.45, 2.75) is 19.4 Å². The molecule has 0 saturated heterocycles. The summed E-state index contributed by atoms with van der Waals surface area (Å²) in [4.78, 5) is 24.9. The van der Waals surface area contributed by atoms with Crippen LogP contribution in [0.4, 0.5) is 4.39 Å². The van der Waals surface area contributed by atoms with Gasteiger partial charge in [0.15, 0.2) is 0 Å². The van der Waals surface area contributed by atoms with E-state index in [4.69, 9.17) is 9.84 Å². The molecule has 3 rings (SSSR count). The fourth-order valence-electron chi connectivity index (χ4n) is 2.84. The number of benzene rings is 2. The molecule has 1 aliphatic heterocycles. The van der Waals surface area contributed by atoms with E-state index in [2.05, 4.69) is 0 Å². The molecule has 2 aromatic rings. The predicted molar refractivity (Wildman–Crippen MR) is 88.8 cm³/mol. The summed E-state index contributed by atoms with van der Waals surface area (Å²) >= 11 is 0. The molecule has 130 valence electrons. The van der Waals surface area contributed by atoms with E-state index < -0.39 is 12.5 Å². The Labute approximate surface area is 144 Å². The smallest absolute Gasteiger partial charge is 0.323 e. The molecule has 25 heavy (non-hydrogen) atoms. The fourth-order valence-corrected chi connectivity index (χ4v) is 2.84. The summed E-state index contributed by atoms with van der Waals surface area (Å²) in [6, 6.07) is 11.3. The molecule has 1 aliphatic rings. The number of nitrogens with zero attached hydrogens (tertiary/aromatic N) is 1. The SMILES string of the molecule is O=C(O)CN(Cc1ccc(F)cc1)C(=O)Cc1ccc2c(c1)CCO2. The van der Waals surface area contributed by atoms with Crippen LogP contribution in [-0.4, -0.2) is 35.0 Å². The van der Waals surface area contributed by atoms with E-state index in [0.717, 1.165) is 23.3 Å². The Bertz CT molecular complexity index is 789. The van der Waals surface area contributed by atoms with Crippen molar-refractivity contribution in [3.63, 3.8) is 0 Å². The Kier molecular flexibility index (Phi) is 4.97. The maximum absolute atomic E-state index is 13.0. The number of fused-ring (bicyclic) bond motifs is 1. The molecule has 0 aliphatic carbocycles. The average molecular weight is 343 g/mol. The molecule has 0 bridgehead atoms. The van der Waals surface area contributed by atoms with Crippen LogP contribution < -0.4 is 4.74 Å². The van der Waals surface area contributed by atoms with Gasteiger partial charge in [-0.25, -0.2) is 4.39 Å². The van der Waals surface area contributed by atoms with Gasteiger partial charge in [-0.3, -0.25) is 9.59 Å². The molecule has 0 atom stereocenters. The van der Waals surface area contributed by atoms with E-state index in [0.29, 0.717) is 12.2 Å². The van der Waals surface area contributed by atoms with Crippen LogP contribution in [0.3, 0.4) is 0 Å². The number of ether oxygens (including phenoxy) is 1. The van der Waals surface area contributed by atoms with Crippen LogP contribution in [0, 0.1) is 5.82 Å². The number of halogens is 1.